The minimum absolute atomic E-state index is 0. The minimum Gasteiger partial charge on any atom is -0.382 e. The molecule has 0 aliphatic rings. The lowest BCUT2D eigenvalue weighted by Gasteiger charge is -2.08. The molecule has 2 aromatic heterocycles. The van der Waals surface area contributed by atoms with E-state index in [0.29, 0.717) is 22.8 Å². The maximum atomic E-state index is 7.48. The molecule has 0 aliphatic carbocycles. The van der Waals surface area contributed by atoms with E-state index in [9.17, 15) is 0 Å². The van der Waals surface area contributed by atoms with Crippen LogP contribution in [0.5, 0.6) is 0 Å². The number of amidine groups is 2. The fraction of sp³-hybridized carbons (Fsp3) is 0.143. The highest BCUT2D eigenvalue weighted by Gasteiger charge is 2.09. The van der Waals surface area contributed by atoms with Crippen LogP contribution >= 0.6 is 12.4 Å². The third-order valence-corrected chi connectivity index (χ3v) is 2.75. The van der Waals surface area contributed by atoms with E-state index in [1.807, 2.05) is 26.0 Å². The average Bonchev–Trinajstić information content (AvgIpc) is 2.37. The fourth-order valence-corrected chi connectivity index (χ4v) is 1.87. The summed E-state index contributed by atoms with van der Waals surface area (Å²) in [6.45, 7) is 3.80. The van der Waals surface area contributed by atoms with Crippen molar-refractivity contribution in [3.63, 3.8) is 0 Å². The van der Waals surface area contributed by atoms with Crippen molar-refractivity contribution in [3.8, 4) is 11.4 Å². The maximum absolute atomic E-state index is 7.48. The van der Waals surface area contributed by atoms with Crippen LogP contribution < -0.4 is 11.5 Å². The second-order valence-corrected chi connectivity index (χ2v) is 4.66. The van der Waals surface area contributed by atoms with Crippen LogP contribution in [0.4, 0.5) is 0 Å². The van der Waals surface area contributed by atoms with Crippen molar-refractivity contribution in [1.29, 1.82) is 10.8 Å². The van der Waals surface area contributed by atoms with Crippen LogP contribution in [0.2, 0.25) is 0 Å². The number of rotatable bonds is 3. The van der Waals surface area contributed by atoms with Crippen molar-refractivity contribution in [2.24, 2.45) is 11.5 Å². The molecule has 2 heterocycles. The van der Waals surface area contributed by atoms with Crippen LogP contribution in [0, 0.1) is 24.7 Å². The molecule has 0 aliphatic heterocycles. The minimum atomic E-state index is -0.0885. The Morgan fingerprint density at radius 1 is 0.810 bits per heavy atom. The molecule has 21 heavy (non-hydrogen) atoms. The van der Waals surface area contributed by atoms with Crippen molar-refractivity contribution in [1.82, 2.24) is 9.97 Å². The summed E-state index contributed by atoms with van der Waals surface area (Å²) < 4.78 is 0. The van der Waals surface area contributed by atoms with Gasteiger partial charge in [-0.25, -0.2) is 9.97 Å². The van der Waals surface area contributed by atoms with Gasteiger partial charge in [-0.05, 0) is 49.2 Å². The molecule has 0 spiro atoms. The molecule has 0 atom stereocenters. The summed E-state index contributed by atoms with van der Waals surface area (Å²) >= 11 is 0. The smallest absolute Gasteiger partial charge is 0.141 e. The van der Waals surface area contributed by atoms with Gasteiger partial charge in [-0.2, -0.15) is 0 Å². The van der Waals surface area contributed by atoms with E-state index in [0.717, 1.165) is 11.1 Å². The molecule has 0 saturated carbocycles. The standard InChI is InChI=1S/C14H16N6.ClH/c1-7-3-9(19-11(5-7)13(15)16)10-4-8(2)6-12(20-10)14(17)18;/h3-6H,1-2H3,(H3,15,16)(H3,17,18);1H. The molecule has 7 heteroatoms. The lowest BCUT2D eigenvalue weighted by atomic mass is 10.1. The number of aryl methyl sites for hydroxylation is 2. The van der Waals surface area contributed by atoms with Crippen LogP contribution in [-0.4, -0.2) is 21.6 Å². The predicted octanol–water partition coefficient (Wildman–Crippen LogP) is 1.75. The highest BCUT2D eigenvalue weighted by Crippen LogP contribution is 2.19. The monoisotopic (exact) mass is 304 g/mol. The second kappa shape index (κ2) is 6.32. The lowest BCUT2D eigenvalue weighted by molar-refractivity contribution is 1.17. The van der Waals surface area contributed by atoms with E-state index >= 15 is 0 Å². The Bertz CT molecular complexity index is 649. The van der Waals surface area contributed by atoms with Gasteiger partial charge >= 0.3 is 0 Å². The summed E-state index contributed by atoms with van der Waals surface area (Å²) in [7, 11) is 0. The summed E-state index contributed by atoms with van der Waals surface area (Å²) in [6, 6.07) is 7.21. The number of nitrogens with zero attached hydrogens (tertiary/aromatic N) is 2. The second-order valence-electron chi connectivity index (χ2n) is 4.66. The number of nitrogens with one attached hydrogen (secondary N) is 2. The van der Waals surface area contributed by atoms with Crippen molar-refractivity contribution >= 4 is 24.1 Å². The van der Waals surface area contributed by atoms with Crippen LogP contribution in [0.3, 0.4) is 0 Å². The Hall–Kier alpha value is -2.47. The van der Waals surface area contributed by atoms with Gasteiger partial charge in [-0.3, -0.25) is 10.8 Å². The van der Waals surface area contributed by atoms with Gasteiger partial charge in [0.1, 0.15) is 23.1 Å². The average molecular weight is 305 g/mol. The van der Waals surface area contributed by atoms with Crippen LogP contribution in [0.25, 0.3) is 11.4 Å². The maximum Gasteiger partial charge on any atom is 0.141 e. The highest BCUT2D eigenvalue weighted by molar-refractivity contribution is 5.94. The zero-order chi connectivity index (χ0) is 14.9. The summed E-state index contributed by atoms with van der Waals surface area (Å²) in [5.41, 5.74) is 14.9. The molecule has 0 amide bonds. The van der Waals surface area contributed by atoms with Gasteiger partial charge in [-0.15, -0.1) is 12.4 Å². The van der Waals surface area contributed by atoms with Crippen molar-refractivity contribution in [2.75, 3.05) is 0 Å². The van der Waals surface area contributed by atoms with Crippen molar-refractivity contribution in [2.45, 2.75) is 13.8 Å². The van der Waals surface area contributed by atoms with E-state index in [-0.39, 0.29) is 24.1 Å². The van der Waals surface area contributed by atoms with Crippen LogP contribution in [-0.2, 0) is 0 Å². The summed E-state index contributed by atoms with van der Waals surface area (Å²) in [5.74, 6) is -0.177. The lowest BCUT2D eigenvalue weighted by Crippen LogP contribution is -2.15. The third kappa shape index (κ3) is 3.76. The van der Waals surface area contributed by atoms with Crippen LogP contribution in [0.1, 0.15) is 22.5 Å². The molecule has 6 nitrogen and oxygen atoms in total. The van der Waals surface area contributed by atoms with E-state index < -0.39 is 0 Å². The van der Waals surface area contributed by atoms with Gasteiger partial charge in [-0.1, -0.05) is 0 Å². The molecular formula is C14H17ClN6. The topological polar surface area (TPSA) is 126 Å². The molecule has 0 saturated heterocycles. The third-order valence-electron chi connectivity index (χ3n) is 2.75. The van der Waals surface area contributed by atoms with E-state index in [2.05, 4.69) is 9.97 Å². The molecule has 0 aromatic carbocycles. The molecule has 2 rings (SSSR count). The molecule has 2 aromatic rings. The van der Waals surface area contributed by atoms with Gasteiger partial charge in [0.2, 0.25) is 0 Å². The first-order valence-corrected chi connectivity index (χ1v) is 6.03. The number of halogens is 1. The normalized spacial score (nSPS) is 9.81. The Morgan fingerprint density at radius 2 is 1.14 bits per heavy atom. The number of aromatic nitrogens is 2. The van der Waals surface area contributed by atoms with Gasteiger partial charge in [0.25, 0.3) is 0 Å². The fourth-order valence-electron chi connectivity index (χ4n) is 1.87. The number of nitrogen functional groups attached to an aromatic ring is 2. The quantitative estimate of drug-likeness (QED) is 0.509. The van der Waals surface area contributed by atoms with Gasteiger partial charge in [0.15, 0.2) is 0 Å². The first-order valence-electron chi connectivity index (χ1n) is 6.03. The zero-order valence-electron chi connectivity index (χ0n) is 11.8. The molecule has 0 bridgehead atoms. The molecule has 110 valence electrons. The van der Waals surface area contributed by atoms with Gasteiger partial charge in [0, 0.05) is 0 Å². The number of nitrogens with two attached hydrogens (primary N) is 2. The Morgan fingerprint density at radius 3 is 1.43 bits per heavy atom. The van der Waals surface area contributed by atoms with E-state index in [1.54, 1.807) is 12.1 Å². The Kier molecular flexibility index (Phi) is 4.99. The van der Waals surface area contributed by atoms with Crippen molar-refractivity contribution < 1.29 is 0 Å². The van der Waals surface area contributed by atoms with Gasteiger partial charge < -0.3 is 11.5 Å². The number of pyridine rings is 2. The number of hydrogen-bond donors (Lipinski definition) is 4. The highest BCUT2D eigenvalue weighted by atomic mass is 35.5. The zero-order valence-corrected chi connectivity index (χ0v) is 12.6. The number of hydrogen-bond acceptors (Lipinski definition) is 4. The van der Waals surface area contributed by atoms with Gasteiger partial charge in [0.05, 0.1) is 11.4 Å². The predicted molar refractivity (Wildman–Crippen MR) is 86.2 cm³/mol. The summed E-state index contributed by atoms with van der Waals surface area (Å²) in [4.78, 5) is 8.64. The molecule has 6 N–H and O–H groups in total. The SMILES string of the molecule is Cc1cc(C(=N)N)nc(-c2cc(C)cc(C(=N)N)n2)c1.Cl. The van der Waals surface area contributed by atoms with Crippen molar-refractivity contribution in [3.05, 3.63) is 46.8 Å². The molecular weight excluding hydrogens is 288 g/mol. The Labute approximate surface area is 129 Å². The molecule has 0 radical (unpaired) electrons. The van der Waals surface area contributed by atoms with E-state index in [1.165, 1.54) is 0 Å². The first-order chi connectivity index (χ1) is 9.36. The largest absolute Gasteiger partial charge is 0.382 e. The summed E-state index contributed by atoms with van der Waals surface area (Å²) in [5, 5.41) is 15.0. The Balaban J connectivity index is 0.00000220. The molecule has 0 unspecified atom stereocenters. The van der Waals surface area contributed by atoms with E-state index in [4.69, 9.17) is 22.3 Å². The van der Waals surface area contributed by atoms with Crippen LogP contribution in [0.15, 0.2) is 24.3 Å². The summed E-state index contributed by atoms with van der Waals surface area (Å²) in [6.07, 6.45) is 0. The first kappa shape index (κ1) is 16.6. The molecule has 0 fully saturated rings.